The molecule has 4 rings (SSSR count). The van der Waals surface area contributed by atoms with Gasteiger partial charge in [-0.25, -0.2) is 12.8 Å². The van der Waals surface area contributed by atoms with Gasteiger partial charge in [0, 0.05) is 16.8 Å². The summed E-state index contributed by atoms with van der Waals surface area (Å²) in [6.07, 6.45) is 0. The van der Waals surface area contributed by atoms with Crippen LogP contribution in [0, 0.1) is 12.7 Å². The maximum Gasteiger partial charge on any atom is 0.243 e. The first-order valence-electron chi connectivity index (χ1n) is 9.98. The maximum absolute atomic E-state index is 14.0. The number of sulfone groups is 1. The first kappa shape index (κ1) is 22.9. The number of anilines is 2. The number of amides is 1. The quantitative estimate of drug-likeness (QED) is 0.530. The van der Waals surface area contributed by atoms with E-state index in [4.69, 9.17) is 21.1 Å². The van der Waals surface area contributed by atoms with Crippen molar-refractivity contribution in [2.45, 2.75) is 16.7 Å². The van der Waals surface area contributed by atoms with Crippen LogP contribution in [0.1, 0.15) is 5.56 Å². The number of aryl methyl sites for hydroxylation is 1. The van der Waals surface area contributed by atoms with E-state index < -0.39 is 21.6 Å². The second-order valence-electron chi connectivity index (χ2n) is 7.31. The van der Waals surface area contributed by atoms with Crippen LogP contribution in [-0.2, 0) is 14.6 Å². The van der Waals surface area contributed by atoms with Crippen LogP contribution in [0.4, 0.5) is 15.8 Å². The average molecular weight is 491 g/mol. The number of ether oxygens (including phenoxy) is 2. The van der Waals surface area contributed by atoms with Gasteiger partial charge in [0.1, 0.15) is 19.0 Å². The van der Waals surface area contributed by atoms with Crippen LogP contribution >= 0.6 is 11.6 Å². The standard InChI is InChI=1S/C23H20ClFN2O5S/c1-14-2-3-15(24)10-19(14)27-23(28)13-26-18-6-4-16(25)11-22(18)33(29,30)17-5-7-20-21(12-17)32-9-8-31-20/h2-7,10-12,26H,8-9,13H2,1H3,(H,27,28). The van der Waals surface area contributed by atoms with E-state index in [-0.39, 0.29) is 22.0 Å². The predicted octanol–water partition coefficient (Wildman–Crippen LogP) is 4.44. The number of rotatable bonds is 6. The summed E-state index contributed by atoms with van der Waals surface area (Å²) in [6, 6.07) is 12.6. The van der Waals surface area contributed by atoms with Crippen molar-refractivity contribution in [2.75, 3.05) is 30.4 Å². The summed E-state index contributed by atoms with van der Waals surface area (Å²) in [4.78, 5) is 12.1. The fourth-order valence-corrected chi connectivity index (χ4v) is 4.91. The minimum atomic E-state index is -4.13. The zero-order valence-electron chi connectivity index (χ0n) is 17.5. The maximum atomic E-state index is 14.0. The average Bonchev–Trinajstić information content (AvgIpc) is 2.80. The van der Waals surface area contributed by atoms with Crippen molar-refractivity contribution >= 4 is 38.7 Å². The Morgan fingerprint density at radius 2 is 1.76 bits per heavy atom. The Morgan fingerprint density at radius 1 is 1.00 bits per heavy atom. The molecule has 1 amide bonds. The van der Waals surface area contributed by atoms with Gasteiger partial charge in [0.25, 0.3) is 0 Å². The number of fused-ring (bicyclic) bond motifs is 1. The Balaban J connectivity index is 1.57. The minimum absolute atomic E-state index is 0.0839. The lowest BCUT2D eigenvalue weighted by molar-refractivity contribution is -0.114. The van der Waals surface area contributed by atoms with Crippen LogP contribution < -0.4 is 20.1 Å². The van der Waals surface area contributed by atoms with Gasteiger partial charge >= 0.3 is 0 Å². The molecule has 0 aromatic heterocycles. The summed E-state index contributed by atoms with van der Waals surface area (Å²) in [6.45, 7) is 2.23. The van der Waals surface area contributed by atoms with Crippen LogP contribution in [0.5, 0.6) is 11.5 Å². The molecule has 1 heterocycles. The van der Waals surface area contributed by atoms with Gasteiger partial charge in [-0.2, -0.15) is 0 Å². The Bertz CT molecular complexity index is 1330. The molecular formula is C23H20ClFN2O5S. The second kappa shape index (κ2) is 9.29. The molecule has 3 aromatic rings. The molecule has 0 atom stereocenters. The normalized spacial score (nSPS) is 12.8. The molecule has 172 valence electrons. The largest absolute Gasteiger partial charge is 0.486 e. The van der Waals surface area contributed by atoms with Crippen molar-refractivity contribution in [1.29, 1.82) is 0 Å². The van der Waals surface area contributed by atoms with Gasteiger partial charge in [-0.1, -0.05) is 17.7 Å². The number of nitrogens with one attached hydrogen (secondary N) is 2. The lowest BCUT2D eigenvalue weighted by atomic mass is 10.2. The minimum Gasteiger partial charge on any atom is -0.486 e. The molecule has 0 radical (unpaired) electrons. The summed E-state index contributed by atoms with van der Waals surface area (Å²) in [5.41, 5.74) is 1.44. The van der Waals surface area contributed by atoms with Gasteiger partial charge in [0.15, 0.2) is 11.5 Å². The zero-order chi connectivity index (χ0) is 23.6. The number of carbonyl (C=O) groups excluding carboxylic acids is 1. The van der Waals surface area contributed by atoms with Crippen molar-refractivity contribution in [1.82, 2.24) is 0 Å². The van der Waals surface area contributed by atoms with Gasteiger partial charge < -0.3 is 20.1 Å². The van der Waals surface area contributed by atoms with Gasteiger partial charge in [0.2, 0.25) is 15.7 Å². The van der Waals surface area contributed by atoms with E-state index in [1.807, 2.05) is 6.92 Å². The van der Waals surface area contributed by atoms with Crippen LogP contribution in [0.15, 0.2) is 64.4 Å². The SMILES string of the molecule is Cc1ccc(Cl)cc1NC(=O)CNc1ccc(F)cc1S(=O)(=O)c1ccc2c(c1)OCCO2. The van der Waals surface area contributed by atoms with Crippen LogP contribution in [0.25, 0.3) is 0 Å². The molecular weight excluding hydrogens is 471 g/mol. The van der Waals surface area contributed by atoms with Crippen LogP contribution in [0.2, 0.25) is 5.02 Å². The fraction of sp³-hybridized carbons (Fsp3) is 0.174. The van der Waals surface area contributed by atoms with Gasteiger partial charge in [0.05, 0.1) is 22.0 Å². The highest BCUT2D eigenvalue weighted by atomic mass is 35.5. The third-order valence-electron chi connectivity index (χ3n) is 4.97. The number of hydrogen-bond acceptors (Lipinski definition) is 6. The first-order chi connectivity index (χ1) is 15.7. The molecule has 0 saturated carbocycles. The second-order valence-corrected chi connectivity index (χ2v) is 9.66. The molecule has 1 aliphatic rings. The van der Waals surface area contributed by atoms with Crippen molar-refractivity contribution in [3.05, 3.63) is 71.0 Å². The summed E-state index contributed by atoms with van der Waals surface area (Å²) in [5, 5.41) is 5.97. The summed E-state index contributed by atoms with van der Waals surface area (Å²) in [5.74, 6) is -0.418. The molecule has 0 bridgehead atoms. The smallest absolute Gasteiger partial charge is 0.243 e. The predicted molar refractivity (Wildman–Crippen MR) is 123 cm³/mol. The molecule has 0 fully saturated rings. The molecule has 3 aromatic carbocycles. The van der Waals surface area contributed by atoms with Crippen molar-refractivity contribution in [2.24, 2.45) is 0 Å². The summed E-state index contributed by atoms with van der Waals surface area (Å²) in [7, 11) is -4.13. The Hall–Kier alpha value is -3.30. The number of carbonyl (C=O) groups is 1. The zero-order valence-corrected chi connectivity index (χ0v) is 19.1. The first-order valence-corrected chi connectivity index (χ1v) is 11.8. The van der Waals surface area contributed by atoms with E-state index in [0.29, 0.717) is 35.4 Å². The molecule has 0 spiro atoms. The summed E-state index contributed by atoms with van der Waals surface area (Å²) < 4.78 is 51.5. The van der Waals surface area contributed by atoms with E-state index >= 15 is 0 Å². The number of hydrogen-bond donors (Lipinski definition) is 2. The molecule has 1 aliphatic heterocycles. The van der Waals surface area contributed by atoms with E-state index in [1.165, 1.54) is 24.3 Å². The van der Waals surface area contributed by atoms with E-state index in [2.05, 4.69) is 10.6 Å². The van der Waals surface area contributed by atoms with Crippen molar-refractivity contribution in [3.63, 3.8) is 0 Å². The Labute approximate surface area is 195 Å². The molecule has 7 nitrogen and oxygen atoms in total. The Morgan fingerprint density at radius 3 is 2.55 bits per heavy atom. The highest BCUT2D eigenvalue weighted by Crippen LogP contribution is 2.36. The highest BCUT2D eigenvalue weighted by Gasteiger charge is 2.25. The van der Waals surface area contributed by atoms with Crippen LogP contribution in [0.3, 0.4) is 0 Å². The number of benzene rings is 3. The molecule has 0 aliphatic carbocycles. The fourth-order valence-electron chi connectivity index (χ4n) is 3.28. The van der Waals surface area contributed by atoms with Crippen LogP contribution in [-0.4, -0.2) is 34.1 Å². The monoisotopic (exact) mass is 490 g/mol. The van der Waals surface area contributed by atoms with E-state index in [0.717, 1.165) is 17.7 Å². The Kier molecular flexibility index (Phi) is 6.44. The third kappa shape index (κ3) is 5.04. The van der Waals surface area contributed by atoms with Crippen molar-refractivity contribution in [3.8, 4) is 11.5 Å². The van der Waals surface area contributed by atoms with Crippen molar-refractivity contribution < 1.29 is 27.1 Å². The molecule has 2 N–H and O–H groups in total. The lowest BCUT2D eigenvalue weighted by Gasteiger charge is -2.19. The van der Waals surface area contributed by atoms with E-state index in [9.17, 15) is 17.6 Å². The van der Waals surface area contributed by atoms with Gasteiger partial charge in [-0.15, -0.1) is 0 Å². The topological polar surface area (TPSA) is 93.7 Å². The lowest BCUT2D eigenvalue weighted by Crippen LogP contribution is -2.23. The highest BCUT2D eigenvalue weighted by molar-refractivity contribution is 7.91. The third-order valence-corrected chi connectivity index (χ3v) is 7.00. The van der Waals surface area contributed by atoms with E-state index in [1.54, 1.807) is 18.2 Å². The molecule has 33 heavy (non-hydrogen) atoms. The van der Waals surface area contributed by atoms with Gasteiger partial charge in [-0.05, 0) is 55.0 Å². The molecule has 10 heteroatoms. The van der Waals surface area contributed by atoms with Gasteiger partial charge in [-0.3, -0.25) is 4.79 Å². The molecule has 0 unspecified atom stereocenters. The number of halogens is 2. The summed E-state index contributed by atoms with van der Waals surface area (Å²) >= 11 is 5.98. The molecule has 0 saturated heterocycles.